The van der Waals surface area contributed by atoms with Gasteiger partial charge in [0.1, 0.15) is 11.6 Å². The molecule has 3 rings (SSSR count). The number of hydrogen-bond acceptors (Lipinski definition) is 4. The standard InChI is InChI=1S/C17H30N4O/c1-3-10-21-13(2)18-19-17(21)12-20-11-6-8-15(20)14-7-4-5-9-16(14)22/h14-16,22H,3-12H2,1-2H3/t14-,15-,16+/m1/s1. The van der Waals surface area contributed by atoms with Gasteiger partial charge in [-0.3, -0.25) is 4.90 Å². The Morgan fingerprint density at radius 1 is 1.14 bits per heavy atom. The molecule has 22 heavy (non-hydrogen) atoms. The van der Waals surface area contributed by atoms with Gasteiger partial charge in [-0.25, -0.2) is 0 Å². The van der Waals surface area contributed by atoms with Gasteiger partial charge < -0.3 is 9.67 Å². The van der Waals surface area contributed by atoms with Crippen molar-refractivity contribution in [2.75, 3.05) is 6.54 Å². The second-order valence-electron chi connectivity index (χ2n) is 7.01. The van der Waals surface area contributed by atoms with E-state index < -0.39 is 0 Å². The average molecular weight is 306 g/mol. The molecule has 0 amide bonds. The van der Waals surface area contributed by atoms with Crippen molar-refractivity contribution in [3.63, 3.8) is 0 Å². The summed E-state index contributed by atoms with van der Waals surface area (Å²) < 4.78 is 2.26. The van der Waals surface area contributed by atoms with Crippen LogP contribution < -0.4 is 0 Å². The summed E-state index contributed by atoms with van der Waals surface area (Å²) in [6.45, 7) is 7.25. The summed E-state index contributed by atoms with van der Waals surface area (Å²) in [7, 11) is 0. The Labute approximate surface area is 133 Å². The highest BCUT2D eigenvalue weighted by Crippen LogP contribution is 2.35. The molecule has 0 radical (unpaired) electrons. The Kier molecular flexibility index (Phi) is 5.14. The van der Waals surface area contributed by atoms with Crippen LogP contribution in [0.4, 0.5) is 0 Å². The van der Waals surface area contributed by atoms with Crippen LogP contribution in [0.3, 0.4) is 0 Å². The van der Waals surface area contributed by atoms with Gasteiger partial charge in [0.25, 0.3) is 0 Å². The molecule has 1 aromatic heterocycles. The number of aromatic nitrogens is 3. The van der Waals surface area contributed by atoms with Crippen LogP contribution in [0.15, 0.2) is 0 Å². The van der Waals surface area contributed by atoms with E-state index >= 15 is 0 Å². The van der Waals surface area contributed by atoms with Gasteiger partial charge in [-0.2, -0.15) is 0 Å². The largest absolute Gasteiger partial charge is 0.393 e. The Hall–Kier alpha value is -0.940. The summed E-state index contributed by atoms with van der Waals surface area (Å²) in [5.74, 6) is 2.57. The van der Waals surface area contributed by atoms with Crippen LogP contribution in [0.25, 0.3) is 0 Å². The van der Waals surface area contributed by atoms with E-state index in [-0.39, 0.29) is 6.10 Å². The Morgan fingerprint density at radius 2 is 1.95 bits per heavy atom. The third-order valence-corrected chi connectivity index (χ3v) is 5.49. The minimum absolute atomic E-state index is 0.102. The summed E-state index contributed by atoms with van der Waals surface area (Å²) in [5.41, 5.74) is 0. The van der Waals surface area contributed by atoms with E-state index in [0.717, 1.165) is 44.1 Å². The molecule has 2 aliphatic rings. The third kappa shape index (κ3) is 3.20. The quantitative estimate of drug-likeness (QED) is 0.908. The average Bonchev–Trinajstić information content (AvgIpc) is 3.10. The Morgan fingerprint density at radius 3 is 2.73 bits per heavy atom. The number of aliphatic hydroxyl groups excluding tert-OH is 1. The van der Waals surface area contributed by atoms with Crippen molar-refractivity contribution in [1.82, 2.24) is 19.7 Å². The number of hydrogen-bond donors (Lipinski definition) is 1. The van der Waals surface area contributed by atoms with Gasteiger partial charge in [-0.05, 0) is 45.6 Å². The zero-order valence-corrected chi connectivity index (χ0v) is 14.0. The molecule has 0 aromatic carbocycles. The lowest BCUT2D eigenvalue weighted by Gasteiger charge is -2.37. The first-order valence-electron chi connectivity index (χ1n) is 9.01. The summed E-state index contributed by atoms with van der Waals surface area (Å²) >= 11 is 0. The third-order valence-electron chi connectivity index (χ3n) is 5.49. The van der Waals surface area contributed by atoms with Crippen molar-refractivity contribution >= 4 is 0 Å². The lowest BCUT2D eigenvalue weighted by Crippen LogP contribution is -2.42. The molecular formula is C17H30N4O. The highest BCUT2D eigenvalue weighted by molar-refractivity contribution is 4.97. The van der Waals surface area contributed by atoms with E-state index in [1.165, 1.54) is 32.1 Å². The van der Waals surface area contributed by atoms with Crippen LogP contribution in [0, 0.1) is 12.8 Å². The fourth-order valence-electron chi connectivity index (χ4n) is 4.36. The predicted molar refractivity (Wildman–Crippen MR) is 86.4 cm³/mol. The van der Waals surface area contributed by atoms with Crippen LogP contribution in [-0.4, -0.2) is 43.5 Å². The number of rotatable bonds is 5. The molecular weight excluding hydrogens is 276 g/mol. The first-order chi connectivity index (χ1) is 10.7. The van der Waals surface area contributed by atoms with Gasteiger partial charge >= 0.3 is 0 Å². The Bertz CT molecular complexity index is 487. The SMILES string of the molecule is CCCn1c(C)nnc1CN1CCC[C@@H]1[C@H]1CCCC[C@@H]1O. The van der Waals surface area contributed by atoms with Crippen molar-refractivity contribution < 1.29 is 5.11 Å². The summed E-state index contributed by atoms with van der Waals surface area (Å²) in [4.78, 5) is 2.55. The molecule has 1 aliphatic carbocycles. The highest BCUT2D eigenvalue weighted by Gasteiger charge is 2.37. The van der Waals surface area contributed by atoms with Crippen LogP contribution >= 0.6 is 0 Å². The van der Waals surface area contributed by atoms with Gasteiger partial charge in [0.15, 0.2) is 0 Å². The molecule has 0 bridgehead atoms. The molecule has 0 unspecified atom stereocenters. The number of aliphatic hydroxyl groups is 1. The minimum atomic E-state index is -0.102. The summed E-state index contributed by atoms with van der Waals surface area (Å²) in [6.07, 6.45) is 8.11. The molecule has 124 valence electrons. The van der Waals surface area contributed by atoms with Crippen LogP contribution in [-0.2, 0) is 13.1 Å². The van der Waals surface area contributed by atoms with Crippen LogP contribution in [0.2, 0.25) is 0 Å². The number of aryl methyl sites for hydroxylation is 1. The molecule has 1 aliphatic heterocycles. The molecule has 1 aromatic rings. The highest BCUT2D eigenvalue weighted by atomic mass is 16.3. The molecule has 5 heteroatoms. The van der Waals surface area contributed by atoms with Crippen LogP contribution in [0.5, 0.6) is 0 Å². The maximum atomic E-state index is 10.4. The van der Waals surface area contributed by atoms with E-state index in [0.29, 0.717) is 12.0 Å². The first-order valence-corrected chi connectivity index (χ1v) is 9.01. The molecule has 1 N–H and O–H groups in total. The minimum Gasteiger partial charge on any atom is -0.393 e. The fraction of sp³-hybridized carbons (Fsp3) is 0.882. The van der Waals surface area contributed by atoms with Crippen molar-refractivity contribution in [2.24, 2.45) is 5.92 Å². The predicted octanol–water partition coefficient (Wildman–Crippen LogP) is 2.51. The molecule has 1 saturated carbocycles. The topological polar surface area (TPSA) is 54.2 Å². The summed E-state index contributed by atoms with van der Waals surface area (Å²) in [6, 6.07) is 0.530. The molecule has 1 saturated heterocycles. The fourth-order valence-corrected chi connectivity index (χ4v) is 4.36. The lowest BCUT2D eigenvalue weighted by molar-refractivity contribution is 0.0193. The number of nitrogens with zero attached hydrogens (tertiary/aromatic N) is 4. The second-order valence-corrected chi connectivity index (χ2v) is 7.01. The zero-order chi connectivity index (χ0) is 15.5. The van der Waals surface area contributed by atoms with Crippen molar-refractivity contribution in [3.05, 3.63) is 11.6 Å². The first kappa shape index (κ1) is 15.9. The van der Waals surface area contributed by atoms with Gasteiger partial charge in [0.05, 0.1) is 12.6 Å². The monoisotopic (exact) mass is 306 g/mol. The van der Waals surface area contributed by atoms with Gasteiger partial charge in [0.2, 0.25) is 0 Å². The van der Waals surface area contributed by atoms with E-state index in [1.54, 1.807) is 0 Å². The summed E-state index contributed by atoms with van der Waals surface area (Å²) in [5, 5.41) is 19.1. The van der Waals surface area contributed by atoms with Gasteiger partial charge in [-0.15, -0.1) is 10.2 Å². The van der Waals surface area contributed by atoms with Crippen LogP contribution in [0.1, 0.15) is 63.5 Å². The van der Waals surface area contributed by atoms with Crippen molar-refractivity contribution in [3.8, 4) is 0 Å². The molecule has 2 heterocycles. The number of likely N-dealkylation sites (tertiary alicyclic amines) is 1. The van der Waals surface area contributed by atoms with E-state index in [1.807, 2.05) is 6.92 Å². The van der Waals surface area contributed by atoms with Crippen molar-refractivity contribution in [1.29, 1.82) is 0 Å². The molecule has 2 fully saturated rings. The maximum Gasteiger partial charge on any atom is 0.147 e. The van der Waals surface area contributed by atoms with E-state index in [4.69, 9.17) is 0 Å². The maximum absolute atomic E-state index is 10.4. The van der Waals surface area contributed by atoms with Gasteiger partial charge in [0, 0.05) is 18.5 Å². The molecule has 3 atom stereocenters. The van der Waals surface area contributed by atoms with Crippen molar-refractivity contribution in [2.45, 2.75) is 84.0 Å². The zero-order valence-electron chi connectivity index (χ0n) is 14.0. The van der Waals surface area contributed by atoms with Gasteiger partial charge in [-0.1, -0.05) is 19.8 Å². The van der Waals surface area contributed by atoms with E-state index in [9.17, 15) is 5.11 Å². The molecule has 0 spiro atoms. The smallest absolute Gasteiger partial charge is 0.147 e. The normalized spacial score (nSPS) is 30.0. The second kappa shape index (κ2) is 7.09. The molecule has 5 nitrogen and oxygen atoms in total. The Balaban J connectivity index is 1.71. The lowest BCUT2D eigenvalue weighted by atomic mass is 9.80. The van der Waals surface area contributed by atoms with E-state index in [2.05, 4.69) is 26.6 Å².